The van der Waals surface area contributed by atoms with Gasteiger partial charge in [-0.05, 0) is 30.0 Å². The normalized spacial score (nSPS) is 10.5. The summed E-state index contributed by atoms with van der Waals surface area (Å²) in [6, 6.07) is 13.4. The molecule has 0 saturated heterocycles. The van der Waals surface area contributed by atoms with Crippen LogP contribution >= 0.6 is 0 Å². The van der Waals surface area contributed by atoms with Crippen molar-refractivity contribution >= 4 is 17.4 Å². The highest BCUT2D eigenvalue weighted by Crippen LogP contribution is 2.11. The number of hydrogen-bond acceptors (Lipinski definition) is 3. The molecule has 2 aromatic rings. The van der Waals surface area contributed by atoms with Crippen LogP contribution in [0.4, 0.5) is 11.5 Å². The smallest absolute Gasteiger partial charge is 0.228 e. The molecule has 4 nitrogen and oxygen atoms in total. The van der Waals surface area contributed by atoms with Gasteiger partial charge in [0.25, 0.3) is 0 Å². The summed E-state index contributed by atoms with van der Waals surface area (Å²) in [4.78, 5) is 16.3. The van der Waals surface area contributed by atoms with E-state index < -0.39 is 0 Å². The van der Waals surface area contributed by atoms with E-state index in [9.17, 15) is 4.79 Å². The third kappa shape index (κ3) is 5.56. The highest BCUT2D eigenvalue weighted by molar-refractivity contribution is 5.92. The minimum Gasteiger partial charge on any atom is -0.370 e. The van der Waals surface area contributed by atoms with Crippen molar-refractivity contribution in [3.63, 3.8) is 0 Å². The molecule has 0 aliphatic rings. The van der Waals surface area contributed by atoms with Crippen molar-refractivity contribution in [1.82, 2.24) is 4.98 Å². The zero-order valence-electron chi connectivity index (χ0n) is 13.2. The van der Waals surface area contributed by atoms with E-state index in [0.717, 1.165) is 30.0 Å². The van der Waals surface area contributed by atoms with Crippen LogP contribution in [0.25, 0.3) is 0 Å². The molecular weight excluding hydrogens is 274 g/mol. The minimum absolute atomic E-state index is 0.0338. The highest BCUT2D eigenvalue weighted by Gasteiger charge is 2.04. The van der Waals surface area contributed by atoms with E-state index in [4.69, 9.17) is 0 Å². The minimum atomic E-state index is -0.0338. The second kappa shape index (κ2) is 8.17. The largest absolute Gasteiger partial charge is 0.370 e. The molecule has 0 saturated carbocycles. The molecule has 4 heteroatoms. The van der Waals surface area contributed by atoms with Crippen molar-refractivity contribution in [1.29, 1.82) is 0 Å². The van der Waals surface area contributed by atoms with Gasteiger partial charge in [-0.25, -0.2) is 4.98 Å². The van der Waals surface area contributed by atoms with Gasteiger partial charge in [-0.1, -0.05) is 44.2 Å². The maximum absolute atomic E-state index is 12.0. The maximum Gasteiger partial charge on any atom is 0.228 e. The van der Waals surface area contributed by atoms with Gasteiger partial charge in [0.2, 0.25) is 5.91 Å². The summed E-state index contributed by atoms with van der Waals surface area (Å²) in [6.45, 7) is 5.30. The molecule has 2 rings (SSSR count). The van der Waals surface area contributed by atoms with Crippen LogP contribution in [0.2, 0.25) is 0 Å². The van der Waals surface area contributed by atoms with Crippen LogP contribution < -0.4 is 10.6 Å². The summed E-state index contributed by atoms with van der Waals surface area (Å²) in [5.41, 5.74) is 1.72. The van der Waals surface area contributed by atoms with Crippen molar-refractivity contribution < 1.29 is 4.79 Å². The first-order valence-electron chi connectivity index (χ1n) is 7.67. The SMILES string of the molecule is CC(C)CCNc1ccc(NC(=O)Cc2ccccc2)cn1. The molecule has 0 aliphatic heterocycles. The average molecular weight is 297 g/mol. The first-order chi connectivity index (χ1) is 10.6. The molecule has 1 heterocycles. The van der Waals surface area contributed by atoms with Crippen LogP contribution in [0, 0.1) is 5.92 Å². The Labute approximate surface area is 132 Å². The first-order valence-corrected chi connectivity index (χ1v) is 7.67. The van der Waals surface area contributed by atoms with Crippen LogP contribution in [0.3, 0.4) is 0 Å². The molecule has 1 amide bonds. The van der Waals surface area contributed by atoms with E-state index in [1.807, 2.05) is 42.5 Å². The van der Waals surface area contributed by atoms with Gasteiger partial charge in [0.15, 0.2) is 0 Å². The summed E-state index contributed by atoms with van der Waals surface area (Å²) in [7, 11) is 0. The van der Waals surface area contributed by atoms with E-state index in [1.54, 1.807) is 6.20 Å². The summed E-state index contributed by atoms with van der Waals surface area (Å²) in [6.07, 6.45) is 3.16. The summed E-state index contributed by atoms with van der Waals surface area (Å²) >= 11 is 0. The Morgan fingerprint density at radius 3 is 2.55 bits per heavy atom. The van der Waals surface area contributed by atoms with Crippen molar-refractivity contribution in [3.8, 4) is 0 Å². The number of rotatable bonds is 7. The van der Waals surface area contributed by atoms with E-state index in [-0.39, 0.29) is 5.91 Å². The Balaban J connectivity index is 1.82. The number of amides is 1. The second-order valence-corrected chi connectivity index (χ2v) is 5.75. The number of nitrogens with zero attached hydrogens (tertiary/aromatic N) is 1. The molecule has 0 radical (unpaired) electrons. The Morgan fingerprint density at radius 2 is 1.91 bits per heavy atom. The molecule has 116 valence electrons. The first kappa shape index (κ1) is 16.0. The monoisotopic (exact) mass is 297 g/mol. The Morgan fingerprint density at radius 1 is 1.14 bits per heavy atom. The molecule has 0 spiro atoms. The number of nitrogens with one attached hydrogen (secondary N) is 2. The number of aromatic nitrogens is 1. The van der Waals surface area contributed by atoms with Crippen LogP contribution in [0.5, 0.6) is 0 Å². The fraction of sp³-hybridized carbons (Fsp3) is 0.333. The van der Waals surface area contributed by atoms with Gasteiger partial charge in [0, 0.05) is 6.54 Å². The van der Waals surface area contributed by atoms with E-state index in [1.165, 1.54) is 0 Å². The van der Waals surface area contributed by atoms with Gasteiger partial charge in [0.1, 0.15) is 5.82 Å². The lowest BCUT2D eigenvalue weighted by Gasteiger charge is -2.09. The Hall–Kier alpha value is -2.36. The highest BCUT2D eigenvalue weighted by atomic mass is 16.1. The molecule has 0 fully saturated rings. The lowest BCUT2D eigenvalue weighted by molar-refractivity contribution is -0.115. The fourth-order valence-electron chi connectivity index (χ4n) is 2.05. The zero-order valence-corrected chi connectivity index (χ0v) is 13.2. The molecule has 0 unspecified atom stereocenters. The standard InChI is InChI=1S/C18H23N3O/c1-14(2)10-11-19-17-9-8-16(13-20-17)21-18(22)12-15-6-4-3-5-7-15/h3-9,13-14H,10-12H2,1-2H3,(H,19,20)(H,21,22). The lowest BCUT2D eigenvalue weighted by atomic mass is 10.1. The fourth-order valence-corrected chi connectivity index (χ4v) is 2.05. The predicted octanol–water partition coefficient (Wildman–Crippen LogP) is 3.72. The van der Waals surface area contributed by atoms with E-state index >= 15 is 0 Å². The Kier molecular flexibility index (Phi) is 5.95. The summed E-state index contributed by atoms with van der Waals surface area (Å²) < 4.78 is 0. The topological polar surface area (TPSA) is 54.0 Å². The zero-order chi connectivity index (χ0) is 15.8. The average Bonchev–Trinajstić information content (AvgIpc) is 2.49. The number of anilines is 2. The molecule has 0 bridgehead atoms. The van der Waals surface area contributed by atoms with E-state index in [0.29, 0.717) is 12.3 Å². The Bertz CT molecular complexity index is 579. The van der Waals surface area contributed by atoms with Crippen molar-refractivity contribution in [2.45, 2.75) is 26.7 Å². The number of pyridine rings is 1. The quantitative estimate of drug-likeness (QED) is 0.819. The molecule has 22 heavy (non-hydrogen) atoms. The third-order valence-electron chi connectivity index (χ3n) is 3.28. The van der Waals surface area contributed by atoms with Gasteiger partial charge < -0.3 is 10.6 Å². The molecule has 2 N–H and O–H groups in total. The summed E-state index contributed by atoms with van der Waals surface area (Å²) in [5, 5.41) is 6.14. The third-order valence-corrected chi connectivity index (χ3v) is 3.28. The predicted molar refractivity (Wildman–Crippen MR) is 91.0 cm³/mol. The molecule has 0 atom stereocenters. The van der Waals surface area contributed by atoms with Crippen LogP contribution in [-0.4, -0.2) is 17.4 Å². The van der Waals surface area contributed by atoms with Crippen LogP contribution in [0.15, 0.2) is 48.7 Å². The number of benzene rings is 1. The van der Waals surface area contributed by atoms with Crippen molar-refractivity contribution in [2.24, 2.45) is 5.92 Å². The van der Waals surface area contributed by atoms with Crippen molar-refractivity contribution in [3.05, 3.63) is 54.2 Å². The van der Waals surface area contributed by atoms with Gasteiger partial charge in [-0.15, -0.1) is 0 Å². The lowest BCUT2D eigenvalue weighted by Crippen LogP contribution is -2.14. The number of carbonyl (C=O) groups excluding carboxylic acids is 1. The van der Waals surface area contributed by atoms with Gasteiger partial charge >= 0.3 is 0 Å². The van der Waals surface area contributed by atoms with Gasteiger partial charge in [-0.2, -0.15) is 0 Å². The van der Waals surface area contributed by atoms with E-state index in [2.05, 4.69) is 29.5 Å². The van der Waals surface area contributed by atoms with Gasteiger partial charge in [-0.3, -0.25) is 4.79 Å². The molecule has 0 aliphatic carbocycles. The van der Waals surface area contributed by atoms with Crippen molar-refractivity contribution in [2.75, 3.05) is 17.2 Å². The maximum atomic E-state index is 12.0. The summed E-state index contributed by atoms with van der Waals surface area (Å²) in [5.74, 6) is 1.47. The van der Waals surface area contributed by atoms with Gasteiger partial charge in [0.05, 0.1) is 18.3 Å². The number of hydrogen-bond donors (Lipinski definition) is 2. The molecule has 1 aromatic heterocycles. The second-order valence-electron chi connectivity index (χ2n) is 5.75. The molecule has 1 aromatic carbocycles. The number of carbonyl (C=O) groups is 1. The van der Waals surface area contributed by atoms with Crippen LogP contribution in [0.1, 0.15) is 25.8 Å². The van der Waals surface area contributed by atoms with Crippen LogP contribution in [-0.2, 0) is 11.2 Å². The molecular formula is C18H23N3O.